The number of nitrogens with two attached hydrogens (primary N) is 1. The van der Waals surface area contributed by atoms with Gasteiger partial charge in [-0.05, 0) is 46.5 Å². The Balaban J connectivity index is 2.83. The highest BCUT2D eigenvalue weighted by Crippen LogP contribution is 2.18. The van der Waals surface area contributed by atoms with Gasteiger partial charge in [-0.2, -0.15) is 0 Å². The van der Waals surface area contributed by atoms with Gasteiger partial charge in [-0.25, -0.2) is 9.59 Å². The van der Waals surface area contributed by atoms with Gasteiger partial charge < -0.3 is 45.5 Å². The van der Waals surface area contributed by atoms with Crippen LogP contribution < -0.4 is 21.7 Å². The number of carbonyl (C=O) groups excluding carboxylic acids is 4. The van der Waals surface area contributed by atoms with Crippen molar-refractivity contribution in [3.05, 3.63) is 0 Å². The number of guanidine groups is 1. The summed E-state index contributed by atoms with van der Waals surface area (Å²) in [4.78, 5) is 51.3. The minimum absolute atomic E-state index is 0.0678. The average Bonchev–Trinajstić information content (AvgIpc) is 2.80. The van der Waals surface area contributed by atoms with Gasteiger partial charge in [-0.3, -0.25) is 15.0 Å². The molecule has 1 aliphatic rings. The number of hydrogen-bond acceptors (Lipinski definition) is 9. The zero-order valence-electron chi connectivity index (χ0n) is 22.5. The molecule has 14 heteroatoms. The van der Waals surface area contributed by atoms with Crippen LogP contribution in [0.2, 0.25) is 0 Å². The third kappa shape index (κ3) is 11.5. The Morgan fingerprint density at radius 1 is 1.03 bits per heavy atom. The van der Waals surface area contributed by atoms with Gasteiger partial charge in [0.1, 0.15) is 18.7 Å². The SMILES string of the molecule is CCOC1C(NC(=O)C(C)NC(=O)C(COC(=O)OC(C)C)NC(=O)OCC(C)C)CCCN1C(=N)N. The van der Waals surface area contributed by atoms with Crippen molar-refractivity contribution in [1.29, 1.82) is 5.41 Å². The molecule has 14 nitrogen and oxygen atoms in total. The maximum Gasteiger partial charge on any atom is 0.508 e. The molecule has 3 amide bonds. The van der Waals surface area contributed by atoms with Gasteiger partial charge in [0.2, 0.25) is 11.8 Å². The fourth-order valence-electron chi connectivity index (χ4n) is 3.42. The molecule has 0 radical (unpaired) electrons. The Morgan fingerprint density at radius 2 is 1.70 bits per heavy atom. The van der Waals surface area contributed by atoms with Crippen LogP contribution in [-0.4, -0.2) is 91.7 Å². The summed E-state index contributed by atoms with van der Waals surface area (Å²) in [5.41, 5.74) is 5.66. The Morgan fingerprint density at radius 3 is 2.27 bits per heavy atom. The summed E-state index contributed by atoms with van der Waals surface area (Å²) in [5, 5.41) is 15.5. The lowest BCUT2D eigenvalue weighted by Crippen LogP contribution is -2.62. The van der Waals surface area contributed by atoms with Crippen LogP contribution in [0.5, 0.6) is 0 Å². The highest BCUT2D eigenvalue weighted by molar-refractivity contribution is 5.91. The molecule has 1 heterocycles. The average molecular weight is 531 g/mol. The van der Waals surface area contributed by atoms with Crippen molar-refractivity contribution in [2.45, 2.75) is 84.8 Å². The first-order chi connectivity index (χ1) is 17.3. The summed E-state index contributed by atoms with van der Waals surface area (Å²) in [5.74, 6) is -1.36. The molecular weight excluding hydrogens is 488 g/mol. The van der Waals surface area contributed by atoms with Crippen molar-refractivity contribution in [2.24, 2.45) is 11.7 Å². The van der Waals surface area contributed by atoms with Gasteiger partial charge in [0.05, 0.1) is 18.8 Å². The summed E-state index contributed by atoms with van der Waals surface area (Å²) in [7, 11) is 0. The lowest BCUT2D eigenvalue weighted by atomic mass is 10.0. The molecule has 0 spiro atoms. The molecule has 212 valence electrons. The van der Waals surface area contributed by atoms with Crippen molar-refractivity contribution in [1.82, 2.24) is 20.9 Å². The van der Waals surface area contributed by atoms with Gasteiger partial charge in [-0.1, -0.05) is 13.8 Å². The van der Waals surface area contributed by atoms with E-state index in [-0.39, 0.29) is 18.5 Å². The number of alkyl carbamates (subject to hydrolysis) is 1. The molecule has 37 heavy (non-hydrogen) atoms. The van der Waals surface area contributed by atoms with Crippen LogP contribution in [0.25, 0.3) is 0 Å². The van der Waals surface area contributed by atoms with Crippen LogP contribution in [-0.2, 0) is 28.5 Å². The molecule has 1 saturated heterocycles. The van der Waals surface area contributed by atoms with E-state index in [2.05, 4.69) is 16.0 Å². The molecule has 1 aliphatic heterocycles. The first-order valence-electron chi connectivity index (χ1n) is 12.4. The van der Waals surface area contributed by atoms with Crippen LogP contribution in [0, 0.1) is 11.3 Å². The Bertz CT molecular complexity index is 793. The lowest BCUT2D eigenvalue weighted by molar-refractivity contribution is -0.132. The number of piperidine rings is 1. The molecule has 4 unspecified atom stereocenters. The van der Waals surface area contributed by atoms with E-state index >= 15 is 0 Å². The first kappa shape index (κ1) is 31.7. The Kier molecular flexibility index (Phi) is 13.5. The highest BCUT2D eigenvalue weighted by atomic mass is 16.7. The molecule has 6 N–H and O–H groups in total. The van der Waals surface area contributed by atoms with Crippen LogP contribution in [0.3, 0.4) is 0 Å². The van der Waals surface area contributed by atoms with Crippen molar-refractivity contribution in [3.63, 3.8) is 0 Å². The van der Waals surface area contributed by atoms with Gasteiger partial charge in [-0.15, -0.1) is 0 Å². The van der Waals surface area contributed by atoms with Gasteiger partial charge in [0.15, 0.2) is 12.2 Å². The topological polar surface area (TPSA) is 194 Å². The summed E-state index contributed by atoms with van der Waals surface area (Å²) in [6, 6.07) is -2.81. The summed E-state index contributed by atoms with van der Waals surface area (Å²) >= 11 is 0. The third-order valence-corrected chi connectivity index (χ3v) is 5.15. The van der Waals surface area contributed by atoms with E-state index in [1.54, 1.807) is 25.7 Å². The number of carbonyl (C=O) groups is 4. The second-order valence-electron chi connectivity index (χ2n) is 9.33. The van der Waals surface area contributed by atoms with Crippen molar-refractivity contribution >= 4 is 30.0 Å². The molecule has 1 fully saturated rings. The number of nitrogens with zero attached hydrogens (tertiary/aromatic N) is 1. The minimum Gasteiger partial charge on any atom is -0.449 e. The van der Waals surface area contributed by atoms with E-state index in [9.17, 15) is 19.2 Å². The van der Waals surface area contributed by atoms with Crippen molar-refractivity contribution in [3.8, 4) is 0 Å². The Hall–Kier alpha value is -3.29. The van der Waals surface area contributed by atoms with E-state index in [1.807, 2.05) is 13.8 Å². The maximum absolute atomic E-state index is 12.9. The first-order valence-corrected chi connectivity index (χ1v) is 12.4. The second kappa shape index (κ2) is 15.7. The molecule has 0 aromatic rings. The van der Waals surface area contributed by atoms with Crippen LogP contribution in [0.1, 0.15) is 54.4 Å². The molecule has 0 saturated carbocycles. The maximum atomic E-state index is 12.9. The lowest BCUT2D eigenvalue weighted by Gasteiger charge is -2.41. The van der Waals surface area contributed by atoms with Gasteiger partial charge in [0.25, 0.3) is 0 Å². The molecule has 0 aliphatic carbocycles. The number of nitrogens with one attached hydrogen (secondary N) is 4. The predicted octanol–water partition coefficient (Wildman–Crippen LogP) is 0.640. The van der Waals surface area contributed by atoms with E-state index in [4.69, 9.17) is 30.1 Å². The van der Waals surface area contributed by atoms with E-state index in [1.165, 1.54) is 6.92 Å². The normalized spacial score (nSPS) is 19.0. The number of amides is 3. The van der Waals surface area contributed by atoms with E-state index < -0.39 is 61.1 Å². The number of rotatable bonds is 12. The summed E-state index contributed by atoms with van der Waals surface area (Å²) in [6.45, 7) is 10.7. The van der Waals surface area contributed by atoms with Crippen LogP contribution >= 0.6 is 0 Å². The number of likely N-dealkylation sites (tertiary alicyclic amines) is 1. The predicted molar refractivity (Wildman–Crippen MR) is 133 cm³/mol. The zero-order chi connectivity index (χ0) is 28.1. The summed E-state index contributed by atoms with van der Waals surface area (Å²) < 4.78 is 20.6. The van der Waals surface area contributed by atoms with Crippen LogP contribution in [0.15, 0.2) is 0 Å². The second-order valence-corrected chi connectivity index (χ2v) is 9.33. The quantitative estimate of drug-likeness (QED) is 0.136. The highest BCUT2D eigenvalue weighted by Gasteiger charge is 2.35. The minimum atomic E-state index is -1.34. The standard InChI is InChI=1S/C23H42N6O8/c1-7-34-20-16(9-8-10-29(20)21(24)25)27-18(30)15(6)26-19(31)17(12-36-23(33)37-14(4)5)28-22(32)35-11-13(2)3/h13-17,20H,7-12H2,1-6H3,(H3,24,25)(H,26,31)(H,27,30)(H,28,32). The monoisotopic (exact) mass is 530 g/mol. The Labute approximate surface area is 217 Å². The molecule has 1 rings (SSSR count). The molecule has 4 atom stereocenters. The molecule has 0 aromatic carbocycles. The van der Waals surface area contributed by atoms with Crippen LogP contribution in [0.4, 0.5) is 9.59 Å². The third-order valence-electron chi connectivity index (χ3n) is 5.15. The van der Waals surface area contributed by atoms with Crippen molar-refractivity contribution < 1.29 is 38.1 Å². The van der Waals surface area contributed by atoms with Gasteiger partial charge >= 0.3 is 12.2 Å². The zero-order valence-corrected chi connectivity index (χ0v) is 22.5. The smallest absolute Gasteiger partial charge is 0.449 e. The fourth-order valence-corrected chi connectivity index (χ4v) is 3.42. The van der Waals surface area contributed by atoms with E-state index in [0.29, 0.717) is 26.0 Å². The number of hydrogen-bond donors (Lipinski definition) is 5. The summed E-state index contributed by atoms with van der Waals surface area (Å²) in [6.07, 6.45) is -1.66. The molecular formula is C23H42N6O8. The largest absolute Gasteiger partial charge is 0.508 e. The molecule has 0 bridgehead atoms. The van der Waals surface area contributed by atoms with Gasteiger partial charge in [0, 0.05) is 13.2 Å². The van der Waals surface area contributed by atoms with E-state index in [0.717, 1.165) is 0 Å². The van der Waals surface area contributed by atoms with Crippen molar-refractivity contribution in [2.75, 3.05) is 26.4 Å². The molecule has 0 aromatic heterocycles. The fraction of sp³-hybridized carbons (Fsp3) is 0.783. The number of ether oxygens (including phenoxy) is 4.